The number of aromatic amines is 1. The van der Waals surface area contributed by atoms with E-state index in [1.54, 1.807) is 24.3 Å². The van der Waals surface area contributed by atoms with Crippen LogP contribution in [0.15, 0.2) is 48.5 Å². The van der Waals surface area contributed by atoms with Crippen LogP contribution in [0.5, 0.6) is 5.75 Å². The average molecular weight is 386 g/mol. The molecule has 0 saturated heterocycles. The molecule has 4 rings (SSSR count). The van der Waals surface area contributed by atoms with E-state index in [0.29, 0.717) is 17.0 Å². The topological polar surface area (TPSA) is 37.9 Å². The monoisotopic (exact) mass is 386 g/mol. The molecular formula is C22H21F3N2O. The number of ether oxygens (including phenoxy) is 1. The molecule has 0 radical (unpaired) electrons. The van der Waals surface area contributed by atoms with Gasteiger partial charge >= 0.3 is 6.36 Å². The van der Waals surface area contributed by atoms with Gasteiger partial charge in [0.25, 0.3) is 0 Å². The highest BCUT2D eigenvalue weighted by Crippen LogP contribution is 2.34. The van der Waals surface area contributed by atoms with Crippen molar-refractivity contribution >= 4 is 17.1 Å². The number of rotatable bonds is 4. The number of hydrogen-bond donors (Lipinski definition) is 1. The second kappa shape index (κ2) is 7.70. The fraction of sp³-hybridized carbons (Fsp3) is 0.318. The quantitative estimate of drug-likeness (QED) is 0.540. The molecule has 1 heterocycles. The highest BCUT2D eigenvalue weighted by Gasteiger charge is 2.32. The summed E-state index contributed by atoms with van der Waals surface area (Å²) in [6.45, 7) is 0. The van der Waals surface area contributed by atoms with Crippen LogP contribution in [-0.2, 0) is 0 Å². The molecule has 6 heteroatoms. The molecule has 28 heavy (non-hydrogen) atoms. The first kappa shape index (κ1) is 18.6. The molecule has 2 aromatic carbocycles. The molecule has 0 aliphatic heterocycles. The van der Waals surface area contributed by atoms with Gasteiger partial charge in [-0.15, -0.1) is 13.2 Å². The molecule has 1 aliphatic rings. The Bertz CT molecular complexity index is 985. The lowest BCUT2D eigenvalue weighted by molar-refractivity contribution is -0.274. The van der Waals surface area contributed by atoms with Gasteiger partial charge in [0.05, 0.1) is 11.0 Å². The molecular weight excluding hydrogens is 365 g/mol. The van der Waals surface area contributed by atoms with Crippen LogP contribution in [0.2, 0.25) is 0 Å². The van der Waals surface area contributed by atoms with Crippen LogP contribution in [-0.4, -0.2) is 16.3 Å². The van der Waals surface area contributed by atoms with Gasteiger partial charge in [0, 0.05) is 5.56 Å². The third kappa shape index (κ3) is 4.38. The van der Waals surface area contributed by atoms with Crippen molar-refractivity contribution in [2.75, 3.05) is 0 Å². The molecule has 1 saturated carbocycles. The Morgan fingerprint density at radius 3 is 2.61 bits per heavy atom. The van der Waals surface area contributed by atoms with Crippen LogP contribution >= 0.6 is 0 Å². The van der Waals surface area contributed by atoms with Gasteiger partial charge in [0.1, 0.15) is 11.6 Å². The second-order valence-electron chi connectivity index (χ2n) is 7.16. The molecule has 1 fully saturated rings. The van der Waals surface area contributed by atoms with E-state index in [1.807, 2.05) is 12.1 Å². The minimum atomic E-state index is -4.73. The van der Waals surface area contributed by atoms with Gasteiger partial charge in [0.15, 0.2) is 0 Å². The Morgan fingerprint density at radius 1 is 1.04 bits per heavy atom. The number of allylic oxidation sites excluding steroid dienone is 1. The molecule has 1 aromatic heterocycles. The van der Waals surface area contributed by atoms with Crippen LogP contribution < -0.4 is 4.74 Å². The average Bonchev–Trinajstić information content (AvgIpc) is 3.08. The molecule has 0 atom stereocenters. The van der Waals surface area contributed by atoms with Crippen LogP contribution in [0.4, 0.5) is 13.2 Å². The smallest absolute Gasteiger partial charge is 0.405 e. The van der Waals surface area contributed by atoms with Gasteiger partial charge < -0.3 is 9.72 Å². The number of nitrogens with one attached hydrogen (secondary N) is 1. The molecule has 3 aromatic rings. The first-order valence-electron chi connectivity index (χ1n) is 9.51. The first-order chi connectivity index (χ1) is 13.5. The maximum atomic E-state index is 12.7. The Kier molecular flexibility index (Phi) is 5.11. The van der Waals surface area contributed by atoms with Crippen molar-refractivity contribution in [3.8, 4) is 16.9 Å². The molecule has 0 unspecified atom stereocenters. The fourth-order valence-corrected chi connectivity index (χ4v) is 3.75. The lowest BCUT2D eigenvalue weighted by Gasteiger charge is -2.17. The van der Waals surface area contributed by atoms with Crippen molar-refractivity contribution in [2.24, 2.45) is 5.92 Å². The largest absolute Gasteiger partial charge is 0.573 e. The van der Waals surface area contributed by atoms with Crippen molar-refractivity contribution in [3.05, 3.63) is 54.4 Å². The van der Waals surface area contributed by atoms with Crippen LogP contribution in [0.1, 0.15) is 37.9 Å². The fourth-order valence-electron chi connectivity index (χ4n) is 3.75. The van der Waals surface area contributed by atoms with Gasteiger partial charge in [-0.2, -0.15) is 0 Å². The number of para-hydroxylation sites is 1. The van der Waals surface area contributed by atoms with E-state index >= 15 is 0 Å². The lowest BCUT2D eigenvalue weighted by Crippen LogP contribution is -2.17. The Morgan fingerprint density at radius 2 is 1.82 bits per heavy atom. The predicted octanol–water partition coefficient (Wildman–Crippen LogP) is 6.72. The maximum absolute atomic E-state index is 12.7. The van der Waals surface area contributed by atoms with Crippen molar-refractivity contribution < 1.29 is 17.9 Å². The summed E-state index contributed by atoms with van der Waals surface area (Å²) in [7, 11) is 0. The number of H-pyrrole nitrogens is 1. The first-order valence-corrected chi connectivity index (χ1v) is 9.51. The van der Waals surface area contributed by atoms with E-state index in [9.17, 15) is 13.2 Å². The van der Waals surface area contributed by atoms with E-state index in [1.165, 1.54) is 44.2 Å². The number of halogens is 3. The van der Waals surface area contributed by atoms with E-state index in [4.69, 9.17) is 0 Å². The van der Waals surface area contributed by atoms with E-state index < -0.39 is 6.36 Å². The summed E-state index contributed by atoms with van der Waals surface area (Å²) in [5.74, 6) is 1.15. The van der Waals surface area contributed by atoms with Gasteiger partial charge in [-0.05, 0) is 48.6 Å². The second-order valence-corrected chi connectivity index (χ2v) is 7.16. The van der Waals surface area contributed by atoms with Crippen molar-refractivity contribution in [1.82, 2.24) is 9.97 Å². The van der Waals surface area contributed by atoms with Gasteiger partial charge in [-0.3, -0.25) is 0 Å². The van der Waals surface area contributed by atoms with Gasteiger partial charge in [-0.25, -0.2) is 4.98 Å². The molecule has 1 aliphatic carbocycles. The molecule has 146 valence electrons. The van der Waals surface area contributed by atoms with Crippen LogP contribution in [0.3, 0.4) is 0 Å². The number of alkyl halides is 3. The predicted molar refractivity (Wildman–Crippen MR) is 104 cm³/mol. The summed E-state index contributed by atoms with van der Waals surface area (Å²) >= 11 is 0. The third-order valence-corrected chi connectivity index (χ3v) is 5.10. The number of hydrogen-bond acceptors (Lipinski definition) is 2. The molecule has 0 amide bonds. The summed E-state index contributed by atoms with van der Waals surface area (Å²) in [6.07, 6.45) is 5.80. The number of imidazole rings is 1. The summed E-state index contributed by atoms with van der Waals surface area (Å²) < 4.78 is 42.2. The SMILES string of the molecule is FC(F)(F)Oc1ccccc1-c1ccc2nc(C=CC3CCCCC3)[nH]c2c1. The Labute approximate surface area is 161 Å². The Hall–Kier alpha value is -2.76. The summed E-state index contributed by atoms with van der Waals surface area (Å²) in [6, 6.07) is 11.5. The zero-order chi connectivity index (χ0) is 19.6. The minimum absolute atomic E-state index is 0.216. The number of benzene rings is 2. The standard InChI is InChI=1S/C22H21F3N2O/c23-22(24,25)28-20-9-5-4-8-17(20)16-11-12-18-19(14-16)27-21(26-18)13-10-15-6-2-1-3-7-15/h4-5,8-15H,1-3,6-7H2,(H,26,27). The van der Waals surface area contributed by atoms with E-state index in [0.717, 1.165) is 16.9 Å². The third-order valence-electron chi connectivity index (χ3n) is 5.10. The minimum Gasteiger partial charge on any atom is -0.405 e. The number of nitrogens with zero attached hydrogens (tertiary/aromatic N) is 1. The molecule has 3 nitrogen and oxygen atoms in total. The maximum Gasteiger partial charge on any atom is 0.573 e. The van der Waals surface area contributed by atoms with Crippen LogP contribution in [0, 0.1) is 5.92 Å². The van der Waals surface area contributed by atoms with E-state index in [2.05, 4.69) is 20.8 Å². The summed E-state index contributed by atoms with van der Waals surface area (Å²) in [4.78, 5) is 7.81. The highest BCUT2D eigenvalue weighted by atomic mass is 19.4. The highest BCUT2D eigenvalue weighted by molar-refractivity contribution is 5.84. The number of aromatic nitrogens is 2. The summed E-state index contributed by atoms with van der Waals surface area (Å²) in [5, 5.41) is 0. The van der Waals surface area contributed by atoms with Crippen molar-refractivity contribution in [2.45, 2.75) is 38.5 Å². The lowest BCUT2D eigenvalue weighted by atomic mass is 9.89. The van der Waals surface area contributed by atoms with Crippen molar-refractivity contribution in [3.63, 3.8) is 0 Å². The molecule has 1 N–H and O–H groups in total. The van der Waals surface area contributed by atoms with Crippen molar-refractivity contribution in [1.29, 1.82) is 0 Å². The Balaban J connectivity index is 1.61. The van der Waals surface area contributed by atoms with E-state index in [-0.39, 0.29) is 5.75 Å². The normalized spacial score (nSPS) is 16.1. The van der Waals surface area contributed by atoms with Gasteiger partial charge in [0.2, 0.25) is 0 Å². The van der Waals surface area contributed by atoms with Gasteiger partial charge in [-0.1, -0.05) is 49.6 Å². The summed E-state index contributed by atoms with van der Waals surface area (Å²) in [5.41, 5.74) is 2.58. The number of fused-ring (bicyclic) bond motifs is 1. The zero-order valence-electron chi connectivity index (χ0n) is 15.3. The zero-order valence-corrected chi connectivity index (χ0v) is 15.3. The van der Waals surface area contributed by atoms with Crippen LogP contribution in [0.25, 0.3) is 28.2 Å². The molecule has 0 bridgehead atoms. The molecule has 0 spiro atoms.